The molecule has 0 radical (unpaired) electrons. The Hall–Kier alpha value is -0.810. The van der Waals surface area contributed by atoms with Gasteiger partial charge in [0.1, 0.15) is 5.84 Å². The largest absolute Gasteiger partial charge is 0.323 e. The van der Waals surface area contributed by atoms with Crippen LogP contribution in [0.1, 0.15) is 5.56 Å². The molecule has 84 valence electrons. The average Bonchev–Trinajstić information content (AvgIpc) is 2.76. The molecule has 0 spiro atoms. The summed E-state index contributed by atoms with van der Waals surface area (Å²) in [5, 5.41) is 4.14. The van der Waals surface area contributed by atoms with Crippen molar-refractivity contribution in [2.45, 2.75) is 6.54 Å². The number of amidine groups is 2. The summed E-state index contributed by atoms with van der Waals surface area (Å²) in [5.41, 5.74) is 1.21. The van der Waals surface area contributed by atoms with Crippen LogP contribution >= 0.6 is 27.7 Å². The molecule has 1 fully saturated rings. The van der Waals surface area contributed by atoms with Crippen molar-refractivity contribution < 1.29 is 0 Å². The van der Waals surface area contributed by atoms with Crippen LogP contribution in [0.15, 0.2) is 38.7 Å². The lowest BCUT2D eigenvalue weighted by atomic mass is 10.2. The van der Waals surface area contributed by atoms with Crippen molar-refractivity contribution in [2.24, 2.45) is 9.98 Å². The Bertz CT molecular complexity index is 425. The molecule has 1 aromatic rings. The highest BCUT2D eigenvalue weighted by molar-refractivity contribution is 9.10. The van der Waals surface area contributed by atoms with Crippen LogP contribution in [0, 0.1) is 0 Å². The molecule has 1 N–H and O–H groups in total. The van der Waals surface area contributed by atoms with E-state index in [1.54, 1.807) is 18.8 Å². The van der Waals surface area contributed by atoms with E-state index in [0.29, 0.717) is 6.54 Å². The molecule has 5 heteroatoms. The van der Waals surface area contributed by atoms with Gasteiger partial charge in [0.15, 0.2) is 5.17 Å². The van der Waals surface area contributed by atoms with Crippen LogP contribution in [0.5, 0.6) is 0 Å². The van der Waals surface area contributed by atoms with Crippen molar-refractivity contribution in [1.82, 2.24) is 5.32 Å². The molecule has 2 rings (SSSR count). The van der Waals surface area contributed by atoms with E-state index in [-0.39, 0.29) is 0 Å². The zero-order valence-corrected chi connectivity index (χ0v) is 11.3. The van der Waals surface area contributed by atoms with Gasteiger partial charge in [-0.05, 0) is 17.7 Å². The fraction of sp³-hybridized carbons (Fsp3) is 0.273. The molecule has 1 aliphatic rings. The number of nitrogens with zero attached hydrogens (tertiary/aromatic N) is 2. The molecule has 0 aliphatic carbocycles. The molecule has 3 nitrogen and oxygen atoms in total. The van der Waals surface area contributed by atoms with Gasteiger partial charge in [-0.15, -0.1) is 0 Å². The summed E-state index contributed by atoms with van der Waals surface area (Å²) in [5.74, 6) is 1.90. The maximum Gasteiger partial charge on any atom is 0.162 e. The standard InChI is InChI=1S/C11H12BrN3S/c1-13-10-7-16-11(15-10)14-6-8-2-4-9(12)5-3-8/h2-5H,6-7H2,1H3,(H,13,14,15). The van der Waals surface area contributed by atoms with Crippen LogP contribution in [0.25, 0.3) is 0 Å². The lowest BCUT2D eigenvalue weighted by molar-refractivity contribution is 1.06. The lowest BCUT2D eigenvalue weighted by Crippen LogP contribution is -2.20. The van der Waals surface area contributed by atoms with Crippen LogP contribution in [0.4, 0.5) is 0 Å². The van der Waals surface area contributed by atoms with Gasteiger partial charge in [0.25, 0.3) is 0 Å². The maximum absolute atomic E-state index is 4.49. The van der Waals surface area contributed by atoms with Gasteiger partial charge in [-0.1, -0.05) is 39.8 Å². The van der Waals surface area contributed by atoms with E-state index >= 15 is 0 Å². The third kappa shape index (κ3) is 3.09. The zero-order chi connectivity index (χ0) is 11.4. The smallest absolute Gasteiger partial charge is 0.162 e. The van der Waals surface area contributed by atoms with Gasteiger partial charge in [0.05, 0.1) is 12.3 Å². The summed E-state index contributed by atoms with van der Waals surface area (Å²) >= 11 is 5.11. The van der Waals surface area contributed by atoms with Crippen molar-refractivity contribution in [1.29, 1.82) is 0 Å². The number of hydrogen-bond donors (Lipinski definition) is 1. The van der Waals surface area contributed by atoms with E-state index in [2.05, 4.69) is 43.4 Å². The number of halogens is 1. The van der Waals surface area contributed by atoms with Crippen molar-refractivity contribution >= 4 is 38.7 Å². The van der Waals surface area contributed by atoms with Crippen LogP contribution in [0.2, 0.25) is 0 Å². The maximum atomic E-state index is 4.49. The second kappa shape index (κ2) is 5.50. The van der Waals surface area contributed by atoms with E-state index in [4.69, 9.17) is 0 Å². The number of hydrogen-bond acceptors (Lipinski definition) is 3. The zero-order valence-electron chi connectivity index (χ0n) is 8.90. The first-order valence-electron chi connectivity index (χ1n) is 4.92. The Morgan fingerprint density at radius 1 is 1.38 bits per heavy atom. The average molecular weight is 298 g/mol. The molecule has 1 aliphatic heterocycles. The van der Waals surface area contributed by atoms with Gasteiger partial charge in [-0.2, -0.15) is 0 Å². The first kappa shape index (κ1) is 11.7. The van der Waals surface area contributed by atoms with Crippen molar-refractivity contribution in [3.8, 4) is 0 Å². The highest BCUT2D eigenvalue weighted by Gasteiger charge is 2.13. The molecule has 1 aromatic carbocycles. The second-order valence-electron chi connectivity index (χ2n) is 3.33. The van der Waals surface area contributed by atoms with Gasteiger partial charge in [-0.3, -0.25) is 9.98 Å². The van der Waals surface area contributed by atoms with E-state index in [1.807, 2.05) is 12.1 Å². The molecule has 0 bridgehead atoms. The first-order valence-corrected chi connectivity index (χ1v) is 6.70. The Morgan fingerprint density at radius 2 is 2.12 bits per heavy atom. The minimum Gasteiger partial charge on any atom is -0.323 e. The van der Waals surface area contributed by atoms with Gasteiger partial charge in [-0.25, -0.2) is 0 Å². The monoisotopic (exact) mass is 297 g/mol. The summed E-state index contributed by atoms with van der Waals surface area (Å²) in [4.78, 5) is 8.60. The number of thioether (sulfide) groups is 1. The van der Waals surface area contributed by atoms with Gasteiger partial charge >= 0.3 is 0 Å². The van der Waals surface area contributed by atoms with Crippen molar-refractivity contribution in [2.75, 3.05) is 12.8 Å². The summed E-state index contributed by atoms with van der Waals surface area (Å²) in [6.45, 7) is 0.708. The van der Waals surface area contributed by atoms with E-state index in [1.165, 1.54) is 5.56 Å². The van der Waals surface area contributed by atoms with Crippen molar-refractivity contribution in [3.05, 3.63) is 34.3 Å². The quantitative estimate of drug-likeness (QED) is 0.911. The minimum absolute atomic E-state index is 0.708. The molecule has 1 heterocycles. The molecule has 0 atom stereocenters. The Kier molecular flexibility index (Phi) is 4.01. The third-order valence-corrected chi connectivity index (χ3v) is 3.64. The number of benzene rings is 1. The fourth-order valence-corrected chi connectivity index (χ4v) is 2.38. The van der Waals surface area contributed by atoms with E-state index < -0.39 is 0 Å². The van der Waals surface area contributed by atoms with Crippen LogP contribution in [-0.2, 0) is 6.54 Å². The fourth-order valence-electron chi connectivity index (χ4n) is 1.29. The highest BCUT2D eigenvalue weighted by atomic mass is 79.9. The molecule has 0 amide bonds. The Morgan fingerprint density at radius 3 is 2.75 bits per heavy atom. The summed E-state index contributed by atoms with van der Waals surface area (Å²) in [7, 11) is 1.79. The van der Waals surface area contributed by atoms with Gasteiger partial charge in [0, 0.05) is 11.5 Å². The van der Waals surface area contributed by atoms with E-state index in [9.17, 15) is 0 Å². The Balaban J connectivity index is 1.97. The predicted molar refractivity (Wildman–Crippen MR) is 74.2 cm³/mol. The summed E-state index contributed by atoms with van der Waals surface area (Å²) in [6, 6.07) is 8.21. The third-order valence-electron chi connectivity index (χ3n) is 2.19. The molecule has 0 saturated carbocycles. The van der Waals surface area contributed by atoms with Crippen LogP contribution in [0.3, 0.4) is 0 Å². The SMILES string of the molecule is CN=C1CSC(=NCc2ccc(Br)cc2)N1. The molecule has 0 unspecified atom stereocenters. The number of nitrogens with one attached hydrogen (secondary N) is 1. The molecular weight excluding hydrogens is 286 g/mol. The number of rotatable bonds is 2. The van der Waals surface area contributed by atoms with Gasteiger partial charge in [0.2, 0.25) is 0 Å². The second-order valence-corrected chi connectivity index (χ2v) is 5.21. The Labute approximate surface area is 108 Å². The van der Waals surface area contributed by atoms with E-state index in [0.717, 1.165) is 21.2 Å². The topological polar surface area (TPSA) is 36.8 Å². The van der Waals surface area contributed by atoms with Gasteiger partial charge < -0.3 is 5.32 Å². The highest BCUT2D eigenvalue weighted by Crippen LogP contribution is 2.14. The summed E-state index contributed by atoms with van der Waals surface area (Å²) < 4.78 is 1.10. The predicted octanol–water partition coefficient (Wildman–Crippen LogP) is 2.67. The van der Waals surface area contributed by atoms with Crippen LogP contribution < -0.4 is 5.32 Å². The minimum atomic E-state index is 0.708. The molecule has 1 saturated heterocycles. The molecule has 16 heavy (non-hydrogen) atoms. The lowest BCUT2D eigenvalue weighted by Gasteiger charge is -1.99. The summed E-state index contributed by atoms with van der Waals surface area (Å²) in [6.07, 6.45) is 0. The molecular formula is C11H12BrN3S. The first-order chi connectivity index (χ1) is 7.78. The number of aliphatic imine (C=N–C) groups is 2. The normalized spacial score (nSPS) is 20.4. The van der Waals surface area contributed by atoms with Crippen LogP contribution in [-0.4, -0.2) is 23.8 Å². The molecule has 0 aromatic heterocycles. The van der Waals surface area contributed by atoms with Crippen molar-refractivity contribution in [3.63, 3.8) is 0 Å².